The Morgan fingerprint density at radius 2 is 2.17 bits per heavy atom. The molecule has 0 amide bonds. The van der Waals surface area contributed by atoms with Crippen molar-refractivity contribution in [2.45, 2.75) is 26.7 Å². The van der Waals surface area contributed by atoms with Gasteiger partial charge < -0.3 is 5.11 Å². The van der Waals surface area contributed by atoms with Crippen molar-refractivity contribution in [2.75, 3.05) is 0 Å². The van der Waals surface area contributed by atoms with Crippen LogP contribution in [0.15, 0.2) is 34.5 Å². The van der Waals surface area contributed by atoms with Crippen molar-refractivity contribution in [2.24, 2.45) is 0 Å². The maximum Gasteiger partial charge on any atom is 0.128 e. The molecule has 0 heterocycles. The summed E-state index contributed by atoms with van der Waals surface area (Å²) in [6.07, 6.45) is 5.19. The first-order valence-electron chi connectivity index (χ1n) is 4.01. The van der Waals surface area contributed by atoms with Crippen LogP contribution in [0.4, 0.5) is 0 Å². The van der Waals surface area contributed by atoms with Gasteiger partial charge in [-0.25, -0.2) is 0 Å². The van der Waals surface area contributed by atoms with Crippen molar-refractivity contribution < 1.29 is 5.11 Å². The molecule has 0 fully saturated rings. The van der Waals surface area contributed by atoms with Crippen molar-refractivity contribution in [3.63, 3.8) is 0 Å². The smallest absolute Gasteiger partial charge is 0.128 e. The minimum absolute atomic E-state index is 0.347. The lowest BCUT2D eigenvalue weighted by Crippen LogP contribution is -1.89. The molecule has 0 bridgehead atoms. The quantitative estimate of drug-likeness (QED) is 0.439. The van der Waals surface area contributed by atoms with Gasteiger partial charge in [0.1, 0.15) is 5.76 Å². The molecule has 68 valence electrons. The van der Waals surface area contributed by atoms with E-state index in [-0.39, 0.29) is 0 Å². The lowest BCUT2D eigenvalue weighted by Gasteiger charge is -2.05. The van der Waals surface area contributed by atoms with Crippen LogP contribution >= 0.6 is 15.9 Å². The van der Waals surface area contributed by atoms with E-state index in [0.717, 1.165) is 16.5 Å². The zero-order chi connectivity index (χ0) is 9.56. The summed E-state index contributed by atoms with van der Waals surface area (Å²) in [5.74, 6) is 0.347. The van der Waals surface area contributed by atoms with Crippen LogP contribution in [0.1, 0.15) is 26.7 Å². The predicted molar refractivity (Wildman–Crippen MR) is 57.4 cm³/mol. The molecule has 0 unspecified atom stereocenters. The van der Waals surface area contributed by atoms with E-state index in [1.165, 1.54) is 0 Å². The highest BCUT2D eigenvalue weighted by Crippen LogP contribution is 2.22. The van der Waals surface area contributed by atoms with Gasteiger partial charge in [0, 0.05) is 4.48 Å². The molecule has 2 heteroatoms. The Balaban J connectivity index is 4.63. The van der Waals surface area contributed by atoms with Gasteiger partial charge in [0.25, 0.3) is 0 Å². The van der Waals surface area contributed by atoms with E-state index in [0.29, 0.717) is 12.2 Å². The normalized spacial score (nSPS) is 14.1. The molecule has 0 aliphatic rings. The lowest BCUT2D eigenvalue weighted by atomic mass is 10.1. The van der Waals surface area contributed by atoms with Gasteiger partial charge >= 0.3 is 0 Å². The summed E-state index contributed by atoms with van der Waals surface area (Å²) >= 11 is 3.31. The van der Waals surface area contributed by atoms with Crippen molar-refractivity contribution in [3.8, 4) is 0 Å². The van der Waals surface area contributed by atoms with Gasteiger partial charge in [-0.1, -0.05) is 35.0 Å². The Morgan fingerprint density at radius 3 is 2.50 bits per heavy atom. The summed E-state index contributed by atoms with van der Waals surface area (Å²) < 4.78 is 0.845. The van der Waals surface area contributed by atoms with Crippen LogP contribution < -0.4 is 0 Å². The van der Waals surface area contributed by atoms with Crippen LogP contribution in [0.3, 0.4) is 0 Å². The first-order valence-corrected chi connectivity index (χ1v) is 4.80. The molecule has 0 rings (SSSR count). The van der Waals surface area contributed by atoms with Gasteiger partial charge in [-0.05, 0) is 25.3 Å². The minimum atomic E-state index is 0.347. The number of rotatable bonds is 4. The maximum absolute atomic E-state index is 9.63. The second kappa shape index (κ2) is 6.06. The number of allylic oxidation sites excluding steroid dienone is 4. The zero-order valence-corrected chi connectivity index (χ0v) is 9.19. The second-order valence-electron chi connectivity index (χ2n) is 2.41. The zero-order valence-electron chi connectivity index (χ0n) is 7.60. The summed E-state index contributed by atoms with van der Waals surface area (Å²) in [6.45, 7) is 7.52. The highest BCUT2D eigenvalue weighted by Gasteiger charge is 2.04. The molecule has 0 aliphatic heterocycles. The monoisotopic (exact) mass is 230 g/mol. The average Bonchev–Trinajstić information content (AvgIpc) is 2.11. The standard InChI is InChI=1S/C10H15BrO/c1-4-7-8(5-2)10(12)9(11)6-3/h4-5,12H,1,6-7H2,2-3H3/b8-5-,10-9-. The molecular formula is C10H15BrO. The fraction of sp³-hybridized carbons (Fsp3) is 0.400. The summed E-state index contributed by atoms with van der Waals surface area (Å²) in [7, 11) is 0. The Kier molecular flexibility index (Phi) is 5.81. The molecule has 0 saturated heterocycles. The van der Waals surface area contributed by atoms with Gasteiger partial charge in [0.05, 0.1) is 0 Å². The summed E-state index contributed by atoms with van der Waals surface area (Å²) in [6, 6.07) is 0. The lowest BCUT2D eigenvalue weighted by molar-refractivity contribution is 0.417. The van der Waals surface area contributed by atoms with E-state index in [9.17, 15) is 5.11 Å². The van der Waals surface area contributed by atoms with E-state index in [1.807, 2.05) is 19.9 Å². The van der Waals surface area contributed by atoms with Crippen molar-refractivity contribution in [3.05, 3.63) is 34.5 Å². The Hall–Kier alpha value is -0.500. The van der Waals surface area contributed by atoms with E-state index >= 15 is 0 Å². The van der Waals surface area contributed by atoms with Crippen LogP contribution in [-0.2, 0) is 0 Å². The Labute approximate surface area is 82.6 Å². The number of halogens is 1. The van der Waals surface area contributed by atoms with Gasteiger partial charge in [-0.2, -0.15) is 0 Å². The van der Waals surface area contributed by atoms with E-state index in [2.05, 4.69) is 22.5 Å². The van der Waals surface area contributed by atoms with Gasteiger partial charge in [-0.15, -0.1) is 6.58 Å². The SMILES string of the molecule is C=CCC(=C/C)/C(O)=C(/Br)CC. The van der Waals surface area contributed by atoms with Crippen LogP contribution in [0.5, 0.6) is 0 Å². The predicted octanol–water partition coefficient (Wildman–Crippen LogP) is 4.08. The van der Waals surface area contributed by atoms with E-state index in [4.69, 9.17) is 0 Å². The van der Waals surface area contributed by atoms with Gasteiger partial charge in [-0.3, -0.25) is 0 Å². The highest BCUT2D eigenvalue weighted by molar-refractivity contribution is 9.11. The fourth-order valence-corrected chi connectivity index (χ4v) is 1.10. The maximum atomic E-state index is 9.63. The largest absolute Gasteiger partial charge is 0.507 e. The number of aliphatic hydroxyl groups excluding tert-OH is 1. The third-order valence-corrected chi connectivity index (χ3v) is 2.52. The topological polar surface area (TPSA) is 20.2 Å². The van der Waals surface area contributed by atoms with Crippen LogP contribution in [0.2, 0.25) is 0 Å². The number of aliphatic hydroxyl groups is 1. The van der Waals surface area contributed by atoms with Crippen molar-refractivity contribution >= 4 is 15.9 Å². The van der Waals surface area contributed by atoms with Crippen molar-refractivity contribution in [1.82, 2.24) is 0 Å². The Bertz CT molecular complexity index is 214. The molecule has 0 aliphatic carbocycles. The molecule has 0 radical (unpaired) electrons. The van der Waals surface area contributed by atoms with Gasteiger partial charge in [0.15, 0.2) is 0 Å². The van der Waals surface area contributed by atoms with E-state index in [1.54, 1.807) is 6.08 Å². The summed E-state index contributed by atoms with van der Waals surface area (Å²) in [5, 5.41) is 9.63. The minimum Gasteiger partial charge on any atom is -0.507 e. The van der Waals surface area contributed by atoms with E-state index < -0.39 is 0 Å². The average molecular weight is 231 g/mol. The molecule has 0 aromatic rings. The number of hydrogen-bond acceptors (Lipinski definition) is 1. The molecule has 1 N–H and O–H groups in total. The molecule has 0 spiro atoms. The first kappa shape index (κ1) is 11.5. The molecule has 0 aromatic carbocycles. The molecule has 12 heavy (non-hydrogen) atoms. The number of hydrogen-bond donors (Lipinski definition) is 1. The fourth-order valence-electron chi connectivity index (χ4n) is 0.848. The molecule has 0 aromatic heterocycles. The van der Waals surface area contributed by atoms with Crippen LogP contribution in [0.25, 0.3) is 0 Å². The first-order chi connectivity index (χ1) is 5.67. The third-order valence-electron chi connectivity index (χ3n) is 1.58. The third kappa shape index (κ3) is 3.26. The highest BCUT2D eigenvalue weighted by atomic mass is 79.9. The molecule has 0 atom stereocenters. The van der Waals surface area contributed by atoms with Crippen LogP contribution in [-0.4, -0.2) is 5.11 Å². The van der Waals surface area contributed by atoms with Gasteiger partial charge in [0.2, 0.25) is 0 Å². The summed E-state index contributed by atoms with van der Waals surface area (Å²) in [5.41, 5.74) is 0.915. The Morgan fingerprint density at radius 1 is 1.58 bits per heavy atom. The van der Waals surface area contributed by atoms with Crippen molar-refractivity contribution in [1.29, 1.82) is 0 Å². The molecular weight excluding hydrogens is 216 g/mol. The second-order valence-corrected chi connectivity index (χ2v) is 3.37. The molecule has 0 saturated carbocycles. The molecule has 1 nitrogen and oxygen atoms in total. The summed E-state index contributed by atoms with van der Waals surface area (Å²) in [4.78, 5) is 0. The van der Waals surface area contributed by atoms with Crippen LogP contribution in [0, 0.1) is 0 Å².